The van der Waals surface area contributed by atoms with Gasteiger partial charge in [0.25, 0.3) is 0 Å². The van der Waals surface area contributed by atoms with Gasteiger partial charge in [-0.2, -0.15) is 0 Å². The van der Waals surface area contributed by atoms with Crippen molar-refractivity contribution >= 4 is 11.6 Å². The normalized spacial score (nSPS) is 12.2. The number of rotatable bonds is 4. The maximum Gasteiger partial charge on any atom is 0.224 e. The lowest BCUT2D eigenvalue weighted by molar-refractivity contribution is -0.121. The van der Waals surface area contributed by atoms with E-state index in [1.54, 1.807) is 0 Å². The van der Waals surface area contributed by atoms with Crippen molar-refractivity contribution in [2.45, 2.75) is 39.7 Å². The molecule has 16 heavy (non-hydrogen) atoms. The van der Waals surface area contributed by atoms with E-state index in [0.717, 1.165) is 17.5 Å². The number of benzene rings is 1. The smallest absolute Gasteiger partial charge is 0.224 e. The predicted octanol–water partition coefficient (Wildman–Crippen LogP) is 2.03. The minimum Gasteiger partial charge on any atom is -0.398 e. The number of amides is 1. The molecule has 0 aromatic heterocycles. The van der Waals surface area contributed by atoms with Gasteiger partial charge in [0.15, 0.2) is 0 Å². The van der Waals surface area contributed by atoms with Gasteiger partial charge in [0.1, 0.15) is 0 Å². The molecule has 0 aliphatic heterocycles. The second-order valence-corrected chi connectivity index (χ2v) is 4.26. The number of hydrogen-bond donors (Lipinski definition) is 2. The molecule has 0 saturated heterocycles. The average Bonchev–Trinajstić information content (AvgIpc) is 2.22. The Labute approximate surface area is 97.0 Å². The summed E-state index contributed by atoms with van der Waals surface area (Å²) in [6, 6.07) is 6.01. The standard InChI is InChI=1S/C13H20N2O/c1-4-10(3)15-13(16)8-11-6-5-9(2)7-12(11)14/h5-7,10H,4,8,14H2,1-3H3,(H,15,16). The van der Waals surface area contributed by atoms with Crippen LogP contribution in [0.5, 0.6) is 0 Å². The first-order valence-electron chi connectivity index (χ1n) is 5.67. The van der Waals surface area contributed by atoms with Crippen molar-refractivity contribution in [1.82, 2.24) is 5.32 Å². The molecule has 1 aromatic rings. The first-order valence-corrected chi connectivity index (χ1v) is 5.67. The number of nitrogen functional groups attached to an aromatic ring is 1. The molecular formula is C13H20N2O. The van der Waals surface area contributed by atoms with Crippen LogP contribution in [0.4, 0.5) is 5.69 Å². The summed E-state index contributed by atoms with van der Waals surface area (Å²) in [4.78, 5) is 11.7. The van der Waals surface area contributed by atoms with Crippen molar-refractivity contribution in [3.8, 4) is 0 Å². The van der Waals surface area contributed by atoms with Gasteiger partial charge >= 0.3 is 0 Å². The van der Waals surface area contributed by atoms with Gasteiger partial charge in [-0.3, -0.25) is 4.79 Å². The van der Waals surface area contributed by atoms with Gasteiger partial charge < -0.3 is 11.1 Å². The van der Waals surface area contributed by atoms with Gasteiger partial charge in [-0.1, -0.05) is 19.1 Å². The molecule has 0 saturated carbocycles. The zero-order valence-corrected chi connectivity index (χ0v) is 10.2. The topological polar surface area (TPSA) is 55.1 Å². The molecule has 1 atom stereocenters. The van der Waals surface area contributed by atoms with Gasteiger partial charge in [-0.25, -0.2) is 0 Å². The Hall–Kier alpha value is -1.51. The summed E-state index contributed by atoms with van der Waals surface area (Å²) in [5.41, 5.74) is 8.56. The molecule has 3 N–H and O–H groups in total. The SMILES string of the molecule is CCC(C)NC(=O)Cc1ccc(C)cc1N. The van der Waals surface area contributed by atoms with Crippen LogP contribution >= 0.6 is 0 Å². The summed E-state index contributed by atoms with van der Waals surface area (Å²) in [6.45, 7) is 6.03. The molecule has 0 radical (unpaired) electrons. The van der Waals surface area contributed by atoms with E-state index in [9.17, 15) is 4.79 Å². The maximum absolute atomic E-state index is 11.7. The third-order valence-electron chi connectivity index (χ3n) is 2.67. The van der Waals surface area contributed by atoms with Crippen LogP contribution in [0.25, 0.3) is 0 Å². The number of hydrogen-bond acceptors (Lipinski definition) is 2. The number of nitrogens with two attached hydrogens (primary N) is 1. The van der Waals surface area contributed by atoms with Crippen molar-refractivity contribution in [3.63, 3.8) is 0 Å². The molecule has 0 aliphatic rings. The number of carbonyl (C=O) groups is 1. The zero-order chi connectivity index (χ0) is 12.1. The van der Waals surface area contributed by atoms with Gasteiger partial charge in [-0.05, 0) is 37.5 Å². The van der Waals surface area contributed by atoms with Crippen LogP contribution in [0, 0.1) is 6.92 Å². The second kappa shape index (κ2) is 5.54. The lowest BCUT2D eigenvalue weighted by atomic mass is 10.1. The minimum absolute atomic E-state index is 0.0323. The lowest BCUT2D eigenvalue weighted by Gasteiger charge is -2.12. The van der Waals surface area contributed by atoms with Crippen LogP contribution in [0.1, 0.15) is 31.4 Å². The van der Waals surface area contributed by atoms with Crippen LogP contribution in [0.3, 0.4) is 0 Å². The highest BCUT2D eigenvalue weighted by atomic mass is 16.1. The van der Waals surface area contributed by atoms with Gasteiger partial charge in [0, 0.05) is 11.7 Å². The molecule has 1 amide bonds. The van der Waals surface area contributed by atoms with Crippen molar-refractivity contribution in [1.29, 1.82) is 0 Å². The molecule has 1 aromatic carbocycles. The van der Waals surface area contributed by atoms with Crippen LogP contribution in [-0.4, -0.2) is 11.9 Å². The van der Waals surface area contributed by atoms with Crippen LogP contribution < -0.4 is 11.1 Å². The van der Waals surface area contributed by atoms with E-state index in [2.05, 4.69) is 5.32 Å². The van der Waals surface area contributed by atoms with Crippen molar-refractivity contribution in [2.24, 2.45) is 0 Å². The highest BCUT2D eigenvalue weighted by molar-refractivity contribution is 5.80. The Morgan fingerprint density at radius 1 is 1.50 bits per heavy atom. The molecule has 3 nitrogen and oxygen atoms in total. The lowest BCUT2D eigenvalue weighted by Crippen LogP contribution is -2.33. The Balaban J connectivity index is 2.63. The molecular weight excluding hydrogens is 200 g/mol. The highest BCUT2D eigenvalue weighted by Gasteiger charge is 2.08. The number of aryl methyl sites for hydroxylation is 1. The quantitative estimate of drug-likeness (QED) is 0.763. The molecule has 88 valence electrons. The molecule has 0 bridgehead atoms. The minimum atomic E-state index is 0.0323. The van der Waals surface area contributed by atoms with Gasteiger partial charge in [-0.15, -0.1) is 0 Å². The molecule has 0 aliphatic carbocycles. The summed E-state index contributed by atoms with van der Waals surface area (Å²) in [5.74, 6) is 0.0323. The largest absolute Gasteiger partial charge is 0.398 e. The van der Waals surface area contributed by atoms with Gasteiger partial charge in [0.2, 0.25) is 5.91 Å². The van der Waals surface area contributed by atoms with E-state index >= 15 is 0 Å². The summed E-state index contributed by atoms with van der Waals surface area (Å²) in [5, 5.41) is 2.93. The Morgan fingerprint density at radius 2 is 2.19 bits per heavy atom. The van der Waals surface area contributed by atoms with E-state index in [-0.39, 0.29) is 11.9 Å². The third-order valence-corrected chi connectivity index (χ3v) is 2.67. The first kappa shape index (κ1) is 12.6. The molecule has 0 heterocycles. The second-order valence-electron chi connectivity index (χ2n) is 4.26. The fourth-order valence-corrected chi connectivity index (χ4v) is 1.48. The Kier molecular flexibility index (Phi) is 4.35. The Morgan fingerprint density at radius 3 is 2.75 bits per heavy atom. The summed E-state index contributed by atoms with van der Waals surface area (Å²) in [7, 11) is 0. The summed E-state index contributed by atoms with van der Waals surface area (Å²) in [6.07, 6.45) is 1.30. The molecule has 1 rings (SSSR count). The van der Waals surface area contributed by atoms with Crippen LogP contribution in [0.2, 0.25) is 0 Å². The van der Waals surface area contributed by atoms with E-state index in [1.165, 1.54) is 0 Å². The molecule has 1 unspecified atom stereocenters. The van der Waals surface area contributed by atoms with Crippen molar-refractivity contribution in [3.05, 3.63) is 29.3 Å². The Bertz CT molecular complexity index is 374. The number of anilines is 1. The fourth-order valence-electron chi connectivity index (χ4n) is 1.48. The molecule has 0 fully saturated rings. The molecule has 0 spiro atoms. The number of nitrogens with one attached hydrogen (secondary N) is 1. The van der Waals surface area contributed by atoms with E-state index in [1.807, 2.05) is 39.0 Å². The number of carbonyl (C=O) groups excluding carboxylic acids is 1. The fraction of sp³-hybridized carbons (Fsp3) is 0.462. The monoisotopic (exact) mass is 220 g/mol. The zero-order valence-electron chi connectivity index (χ0n) is 10.2. The van der Waals surface area contributed by atoms with Crippen molar-refractivity contribution < 1.29 is 4.79 Å². The first-order chi connectivity index (χ1) is 7.52. The van der Waals surface area contributed by atoms with E-state index < -0.39 is 0 Å². The van der Waals surface area contributed by atoms with E-state index in [0.29, 0.717) is 12.1 Å². The molecule has 3 heteroatoms. The third kappa shape index (κ3) is 3.57. The van der Waals surface area contributed by atoms with Gasteiger partial charge in [0.05, 0.1) is 6.42 Å². The summed E-state index contributed by atoms with van der Waals surface area (Å²) >= 11 is 0. The van der Waals surface area contributed by atoms with Crippen LogP contribution in [0.15, 0.2) is 18.2 Å². The maximum atomic E-state index is 11.7. The predicted molar refractivity (Wildman–Crippen MR) is 67.2 cm³/mol. The highest BCUT2D eigenvalue weighted by Crippen LogP contribution is 2.14. The van der Waals surface area contributed by atoms with Crippen LogP contribution in [-0.2, 0) is 11.2 Å². The van der Waals surface area contributed by atoms with E-state index in [4.69, 9.17) is 5.73 Å². The average molecular weight is 220 g/mol. The van der Waals surface area contributed by atoms with Crippen molar-refractivity contribution in [2.75, 3.05) is 5.73 Å². The summed E-state index contributed by atoms with van der Waals surface area (Å²) < 4.78 is 0.